The molecular weight excluding hydrogens is 276 g/mol. The van der Waals surface area contributed by atoms with Crippen LogP contribution >= 0.6 is 0 Å². The lowest BCUT2D eigenvalue weighted by Crippen LogP contribution is -2.51. The van der Waals surface area contributed by atoms with Crippen LogP contribution in [0.2, 0.25) is 18.1 Å². The van der Waals surface area contributed by atoms with E-state index in [-0.39, 0.29) is 5.04 Å². The third-order valence-corrected chi connectivity index (χ3v) is 11.0. The number of hydrogen-bond acceptors (Lipinski definition) is 2. The summed E-state index contributed by atoms with van der Waals surface area (Å²) in [4.78, 5) is 0. The van der Waals surface area contributed by atoms with Crippen LogP contribution in [-0.2, 0) is 0 Å². The van der Waals surface area contributed by atoms with E-state index >= 15 is 0 Å². The van der Waals surface area contributed by atoms with Gasteiger partial charge in [-0.3, -0.25) is 0 Å². The Bertz CT molecular complexity index is 767. The maximum Gasteiger partial charge on any atom is 0.139 e. The zero-order chi connectivity index (χ0) is 15.7. The Morgan fingerprint density at radius 3 is 2.29 bits per heavy atom. The fourth-order valence-corrected chi connectivity index (χ4v) is 5.71. The van der Waals surface area contributed by atoms with Crippen molar-refractivity contribution in [3.8, 4) is 17.2 Å². The van der Waals surface area contributed by atoms with Crippen LogP contribution in [0.5, 0.6) is 17.2 Å². The van der Waals surface area contributed by atoms with Crippen molar-refractivity contribution >= 4 is 24.0 Å². The molecule has 1 aliphatic rings. The molecule has 0 spiro atoms. The Balaban J connectivity index is 2.41. The monoisotopic (exact) mass is 300 g/mol. The van der Waals surface area contributed by atoms with Crippen molar-refractivity contribution in [3.63, 3.8) is 0 Å². The first-order valence-corrected chi connectivity index (χ1v) is 10.5. The molecular formula is C18H24O2Si. The van der Waals surface area contributed by atoms with Crippen LogP contribution in [0.25, 0.3) is 10.8 Å². The van der Waals surface area contributed by atoms with Crippen molar-refractivity contribution in [3.05, 3.63) is 23.3 Å². The molecule has 112 valence electrons. The molecule has 0 amide bonds. The quantitative estimate of drug-likeness (QED) is 0.642. The van der Waals surface area contributed by atoms with E-state index in [9.17, 15) is 5.11 Å². The molecule has 0 saturated heterocycles. The minimum atomic E-state index is -1.77. The summed E-state index contributed by atoms with van der Waals surface area (Å²) in [7, 11) is -1.77. The number of hydrogen-bond donors (Lipinski definition) is 1. The first-order valence-electron chi connectivity index (χ1n) is 7.54. The molecule has 1 heterocycles. The number of aromatic hydroxyl groups is 1. The lowest BCUT2D eigenvalue weighted by Gasteiger charge is -2.41. The molecule has 2 aromatic carbocycles. The molecule has 21 heavy (non-hydrogen) atoms. The molecule has 1 N–H and O–H groups in total. The first kappa shape index (κ1) is 14.5. The van der Waals surface area contributed by atoms with Crippen molar-refractivity contribution in [2.45, 2.75) is 52.8 Å². The summed E-state index contributed by atoms with van der Waals surface area (Å²) in [6, 6.07) is 4.11. The van der Waals surface area contributed by atoms with Crippen LogP contribution in [0.3, 0.4) is 0 Å². The summed E-state index contributed by atoms with van der Waals surface area (Å²) in [6.07, 6.45) is 0. The van der Waals surface area contributed by atoms with Crippen molar-refractivity contribution in [1.82, 2.24) is 0 Å². The molecule has 0 aliphatic carbocycles. The average molecular weight is 300 g/mol. The van der Waals surface area contributed by atoms with Crippen LogP contribution in [0, 0.1) is 13.8 Å². The number of benzene rings is 2. The molecule has 1 aliphatic heterocycles. The van der Waals surface area contributed by atoms with Gasteiger partial charge >= 0.3 is 0 Å². The second kappa shape index (κ2) is 4.04. The maximum atomic E-state index is 10.7. The molecule has 2 nitrogen and oxygen atoms in total. The van der Waals surface area contributed by atoms with Gasteiger partial charge in [0, 0.05) is 5.39 Å². The summed E-state index contributed by atoms with van der Waals surface area (Å²) < 4.78 is 6.03. The standard InChI is InChI=1S/C18H24O2Si/c1-10-8-12-14-13(9-10)20-16(14)17(11(2)15(12)19)21(6,7)18(3,4)5/h8-9,19H,1-7H3. The molecule has 0 atom stereocenters. The number of phenolic OH excluding ortho intramolecular Hbond substituents is 1. The average Bonchev–Trinajstić information content (AvgIpc) is 2.31. The van der Waals surface area contributed by atoms with Crippen molar-refractivity contribution in [1.29, 1.82) is 0 Å². The maximum absolute atomic E-state index is 10.7. The lowest BCUT2D eigenvalue weighted by molar-refractivity contribution is 0.454. The second-order valence-corrected chi connectivity index (χ2v) is 13.1. The Hall–Kier alpha value is -1.48. The van der Waals surface area contributed by atoms with Gasteiger partial charge in [-0.2, -0.15) is 0 Å². The highest BCUT2D eigenvalue weighted by Gasteiger charge is 2.43. The lowest BCUT2D eigenvalue weighted by atomic mass is 9.98. The van der Waals surface area contributed by atoms with Crippen molar-refractivity contribution in [2.24, 2.45) is 0 Å². The summed E-state index contributed by atoms with van der Waals surface area (Å²) >= 11 is 0. The normalized spacial score (nSPS) is 14.0. The van der Waals surface area contributed by atoms with E-state index in [0.29, 0.717) is 5.75 Å². The highest BCUT2D eigenvalue weighted by molar-refractivity contribution is 6.93. The minimum absolute atomic E-state index is 0.207. The Morgan fingerprint density at radius 2 is 1.71 bits per heavy atom. The third-order valence-electron chi connectivity index (χ3n) is 5.40. The van der Waals surface area contributed by atoms with Gasteiger partial charge in [-0.15, -0.1) is 0 Å². The van der Waals surface area contributed by atoms with E-state index in [4.69, 9.17) is 4.74 Å². The summed E-state index contributed by atoms with van der Waals surface area (Å²) in [5.41, 5.74) is 2.12. The van der Waals surface area contributed by atoms with Crippen molar-refractivity contribution < 1.29 is 9.84 Å². The molecule has 0 unspecified atom stereocenters. The molecule has 2 aromatic rings. The van der Waals surface area contributed by atoms with E-state index in [0.717, 1.165) is 33.4 Å². The first-order chi connectivity index (χ1) is 9.55. The van der Waals surface area contributed by atoms with E-state index in [1.165, 1.54) is 5.19 Å². The molecule has 0 bridgehead atoms. The molecule has 0 fully saturated rings. The van der Waals surface area contributed by atoms with Gasteiger partial charge in [-0.1, -0.05) is 33.9 Å². The summed E-state index contributed by atoms with van der Waals surface area (Å²) in [6.45, 7) is 15.7. The molecule has 0 radical (unpaired) electrons. The third kappa shape index (κ3) is 1.76. The van der Waals surface area contributed by atoms with Gasteiger partial charge in [0.15, 0.2) is 0 Å². The highest BCUT2D eigenvalue weighted by atomic mass is 28.3. The minimum Gasteiger partial charge on any atom is -0.507 e. The molecule has 3 heteroatoms. The topological polar surface area (TPSA) is 29.5 Å². The number of phenols is 1. The van der Waals surface area contributed by atoms with Crippen LogP contribution in [0.1, 0.15) is 31.9 Å². The molecule has 0 aromatic heterocycles. The predicted octanol–water partition coefficient (Wildman–Crippen LogP) is 4.98. The SMILES string of the molecule is Cc1cc2c3c(c([Si](C)(C)C(C)(C)C)c(C)c(O)c3c1)O2. The van der Waals surface area contributed by atoms with Gasteiger partial charge in [-0.25, -0.2) is 0 Å². The van der Waals surface area contributed by atoms with E-state index in [1.807, 2.05) is 13.8 Å². The summed E-state index contributed by atoms with van der Waals surface area (Å²) in [5.74, 6) is 2.36. The number of ether oxygens (including phenoxy) is 1. The Kier molecular flexibility index (Phi) is 2.78. The molecule has 3 rings (SSSR count). The van der Waals surface area contributed by atoms with Crippen LogP contribution in [0.4, 0.5) is 0 Å². The largest absolute Gasteiger partial charge is 0.507 e. The van der Waals surface area contributed by atoms with Gasteiger partial charge in [-0.05, 0) is 47.3 Å². The summed E-state index contributed by atoms with van der Waals surface area (Å²) in [5, 5.41) is 14.2. The number of aryl methyl sites for hydroxylation is 1. The van der Waals surface area contributed by atoms with Gasteiger partial charge in [0.05, 0.1) is 13.5 Å². The zero-order valence-electron chi connectivity index (χ0n) is 14.0. The predicted molar refractivity (Wildman–Crippen MR) is 92.0 cm³/mol. The Morgan fingerprint density at radius 1 is 1.10 bits per heavy atom. The van der Waals surface area contributed by atoms with Crippen LogP contribution in [-0.4, -0.2) is 13.2 Å². The van der Waals surface area contributed by atoms with E-state index in [1.54, 1.807) is 0 Å². The Labute approximate surface area is 127 Å². The van der Waals surface area contributed by atoms with Gasteiger partial charge in [0.1, 0.15) is 17.2 Å². The fraction of sp³-hybridized carbons (Fsp3) is 0.444. The zero-order valence-corrected chi connectivity index (χ0v) is 15.0. The number of rotatable bonds is 1. The van der Waals surface area contributed by atoms with Crippen molar-refractivity contribution in [2.75, 3.05) is 0 Å². The van der Waals surface area contributed by atoms with Gasteiger partial charge in [0.25, 0.3) is 0 Å². The van der Waals surface area contributed by atoms with E-state index < -0.39 is 8.07 Å². The highest BCUT2D eigenvalue weighted by Crippen LogP contribution is 2.52. The van der Waals surface area contributed by atoms with Gasteiger partial charge in [0.2, 0.25) is 0 Å². The smallest absolute Gasteiger partial charge is 0.139 e. The van der Waals surface area contributed by atoms with Crippen LogP contribution < -0.4 is 9.92 Å². The second-order valence-electron chi connectivity index (χ2n) is 7.84. The fourth-order valence-electron chi connectivity index (χ4n) is 3.16. The van der Waals surface area contributed by atoms with Gasteiger partial charge < -0.3 is 9.84 Å². The van der Waals surface area contributed by atoms with E-state index in [2.05, 4.69) is 46.0 Å². The molecule has 0 saturated carbocycles. The van der Waals surface area contributed by atoms with Crippen LogP contribution in [0.15, 0.2) is 12.1 Å².